The Hall–Kier alpha value is -1.62. The van der Waals surface area contributed by atoms with Crippen LogP contribution in [0, 0.1) is 5.82 Å². The van der Waals surface area contributed by atoms with Crippen LogP contribution < -0.4 is 9.64 Å². The number of ether oxygens (including phenoxy) is 2. The van der Waals surface area contributed by atoms with E-state index in [2.05, 4.69) is 0 Å². The zero-order chi connectivity index (χ0) is 15.1. The van der Waals surface area contributed by atoms with Crippen LogP contribution in [0.1, 0.15) is 26.2 Å². The van der Waals surface area contributed by atoms with Gasteiger partial charge in [-0.25, -0.2) is 9.18 Å². The maximum atomic E-state index is 12.7. The standard InChI is InChI=1S/C16H22FNO3/c1-13(11-18-9-3-2-4-10-18)21-16(19)12-20-15-7-5-14(17)6-8-15/h5-8,13H,2-4,9-12H2,1H3/p+1/t13-/m1/s1. The SMILES string of the molecule is C[C@H](C[NH+]1CCCCC1)OC(=O)COc1ccc(F)cc1. The molecular weight excluding hydrogens is 273 g/mol. The number of carbonyl (C=O) groups excluding carboxylic acids is 1. The first-order valence-corrected chi connectivity index (χ1v) is 7.55. The van der Waals surface area contributed by atoms with Crippen molar-refractivity contribution < 1.29 is 23.6 Å². The van der Waals surface area contributed by atoms with Gasteiger partial charge in [0.25, 0.3) is 0 Å². The number of rotatable bonds is 6. The Morgan fingerprint density at radius 1 is 1.24 bits per heavy atom. The van der Waals surface area contributed by atoms with E-state index in [0.29, 0.717) is 5.75 Å². The van der Waals surface area contributed by atoms with Crippen LogP contribution in [0.2, 0.25) is 0 Å². The van der Waals surface area contributed by atoms with Crippen LogP contribution in [0.3, 0.4) is 0 Å². The first-order chi connectivity index (χ1) is 10.1. The molecule has 1 aliphatic rings. The van der Waals surface area contributed by atoms with Gasteiger partial charge in [-0.2, -0.15) is 0 Å². The highest BCUT2D eigenvalue weighted by Crippen LogP contribution is 2.10. The molecule has 0 unspecified atom stereocenters. The van der Waals surface area contributed by atoms with Gasteiger partial charge in [-0.1, -0.05) is 0 Å². The largest absolute Gasteiger partial charge is 0.482 e. The highest BCUT2D eigenvalue weighted by Gasteiger charge is 2.19. The van der Waals surface area contributed by atoms with Gasteiger partial charge < -0.3 is 14.4 Å². The van der Waals surface area contributed by atoms with Crippen LogP contribution in [0.25, 0.3) is 0 Å². The fourth-order valence-electron chi connectivity index (χ4n) is 2.64. The highest BCUT2D eigenvalue weighted by atomic mass is 19.1. The molecule has 5 heteroatoms. The fraction of sp³-hybridized carbons (Fsp3) is 0.562. The normalized spacial score (nSPS) is 17.2. The third kappa shape index (κ3) is 5.71. The molecule has 1 saturated heterocycles. The molecule has 4 nitrogen and oxygen atoms in total. The second-order valence-corrected chi connectivity index (χ2v) is 5.56. The van der Waals surface area contributed by atoms with E-state index in [1.165, 1.54) is 48.4 Å². The first kappa shape index (κ1) is 15.8. The average Bonchev–Trinajstić information content (AvgIpc) is 2.47. The van der Waals surface area contributed by atoms with Crippen LogP contribution in [0.5, 0.6) is 5.75 Å². The lowest BCUT2D eigenvalue weighted by molar-refractivity contribution is -0.907. The average molecular weight is 296 g/mol. The van der Waals surface area contributed by atoms with Crippen molar-refractivity contribution in [3.05, 3.63) is 30.1 Å². The van der Waals surface area contributed by atoms with Gasteiger partial charge in [0.2, 0.25) is 0 Å². The number of halogens is 1. The minimum absolute atomic E-state index is 0.109. The van der Waals surface area contributed by atoms with Crippen LogP contribution in [0.4, 0.5) is 4.39 Å². The van der Waals surface area contributed by atoms with E-state index in [1.54, 1.807) is 0 Å². The molecule has 1 atom stereocenters. The minimum Gasteiger partial charge on any atom is -0.482 e. The minimum atomic E-state index is -0.386. The fourth-order valence-corrected chi connectivity index (χ4v) is 2.64. The smallest absolute Gasteiger partial charge is 0.344 e. The number of benzene rings is 1. The predicted octanol–water partition coefficient (Wildman–Crippen LogP) is 1.20. The Morgan fingerprint density at radius 3 is 2.57 bits per heavy atom. The lowest BCUT2D eigenvalue weighted by Crippen LogP contribution is -3.13. The second-order valence-electron chi connectivity index (χ2n) is 5.56. The number of likely N-dealkylation sites (tertiary alicyclic amines) is 1. The quantitative estimate of drug-likeness (QED) is 0.802. The molecule has 0 bridgehead atoms. The number of esters is 1. The van der Waals surface area contributed by atoms with Crippen molar-refractivity contribution in [2.45, 2.75) is 32.3 Å². The topological polar surface area (TPSA) is 40.0 Å². The van der Waals surface area contributed by atoms with E-state index in [9.17, 15) is 9.18 Å². The maximum absolute atomic E-state index is 12.7. The van der Waals surface area contributed by atoms with Crippen LogP contribution in [0.15, 0.2) is 24.3 Å². The van der Waals surface area contributed by atoms with Gasteiger partial charge in [-0.15, -0.1) is 0 Å². The molecule has 1 heterocycles. The van der Waals surface area contributed by atoms with Gasteiger partial charge >= 0.3 is 5.97 Å². The predicted molar refractivity (Wildman–Crippen MR) is 76.9 cm³/mol. The Labute approximate surface area is 124 Å². The van der Waals surface area contributed by atoms with E-state index in [1.807, 2.05) is 6.92 Å². The Kier molecular flexibility index (Phi) is 5.99. The Bertz CT molecular complexity index is 443. The summed E-state index contributed by atoms with van der Waals surface area (Å²) in [5, 5.41) is 0. The molecule has 1 aliphatic heterocycles. The van der Waals surface area contributed by atoms with Crippen molar-refractivity contribution in [3.63, 3.8) is 0 Å². The van der Waals surface area contributed by atoms with E-state index in [4.69, 9.17) is 9.47 Å². The Morgan fingerprint density at radius 2 is 1.90 bits per heavy atom. The molecule has 0 amide bonds. The molecule has 0 radical (unpaired) electrons. The van der Waals surface area contributed by atoms with Crippen molar-refractivity contribution in [2.24, 2.45) is 0 Å². The monoisotopic (exact) mass is 296 g/mol. The summed E-state index contributed by atoms with van der Waals surface area (Å²) in [6, 6.07) is 5.57. The summed E-state index contributed by atoms with van der Waals surface area (Å²) in [5.41, 5.74) is 0. The van der Waals surface area contributed by atoms with Crippen molar-refractivity contribution >= 4 is 5.97 Å². The maximum Gasteiger partial charge on any atom is 0.344 e. The number of carbonyl (C=O) groups is 1. The third-order valence-corrected chi connectivity index (χ3v) is 3.64. The number of hydrogen-bond acceptors (Lipinski definition) is 3. The molecule has 116 valence electrons. The second kappa shape index (κ2) is 7.98. The zero-order valence-corrected chi connectivity index (χ0v) is 12.4. The molecule has 1 aromatic rings. The lowest BCUT2D eigenvalue weighted by Gasteiger charge is -2.26. The molecule has 0 aromatic heterocycles. The van der Waals surface area contributed by atoms with Gasteiger partial charge in [0.05, 0.1) is 13.1 Å². The number of hydrogen-bond donors (Lipinski definition) is 1. The highest BCUT2D eigenvalue weighted by molar-refractivity contribution is 5.71. The summed E-state index contributed by atoms with van der Waals surface area (Å²) in [4.78, 5) is 13.2. The molecule has 1 N–H and O–H groups in total. The molecule has 21 heavy (non-hydrogen) atoms. The van der Waals surface area contributed by atoms with Crippen molar-refractivity contribution in [2.75, 3.05) is 26.2 Å². The summed E-state index contributed by atoms with van der Waals surface area (Å²) >= 11 is 0. The third-order valence-electron chi connectivity index (χ3n) is 3.64. The van der Waals surface area contributed by atoms with Gasteiger partial charge in [-0.3, -0.25) is 0 Å². The van der Waals surface area contributed by atoms with Crippen molar-refractivity contribution in [1.82, 2.24) is 0 Å². The number of nitrogens with one attached hydrogen (secondary N) is 1. The van der Waals surface area contributed by atoms with Gasteiger partial charge in [0.1, 0.15) is 24.2 Å². The molecule has 0 aliphatic carbocycles. The molecule has 0 saturated carbocycles. The molecular formula is C16H23FNO3+. The van der Waals surface area contributed by atoms with E-state index in [-0.39, 0.29) is 24.5 Å². The van der Waals surface area contributed by atoms with Crippen molar-refractivity contribution in [1.29, 1.82) is 0 Å². The van der Waals surface area contributed by atoms with Crippen LogP contribution in [-0.2, 0) is 9.53 Å². The first-order valence-electron chi connectivity index (χ1n) is 7.55. The summed E-state index contributed by atoms with van der Waals surface area (Å²) < 4.78 is 23.3. The van der Waals surface area contributed by atoms with Gasteiger partial charge in [0, 0.05) is 0 Å². The van der Waals surface area contributed by atoms with Crippen LogP contribution in [-0.4, -0.2) is 38.3 Å². The van der Waals surface area contributed by atoms with E-state index < -0.39 is 0 Å². The zero-order valence-electron chi connectivity index (χ0n) is 12.4. The summed E-state index contributed by atoms with van der Waals surface area (Å²) in [5.74, 6) is -0.256. The van der Waals surface area contributed by atoms with E-state index in [0.717, 1.165) is 19.6 Å². The lowest BCUT2D eigenvalue weighted by atomic mass is 10.1. The molecule has 2 rings (SSSR count). The van der Waals surface area contributed by atoms with Crippen molar-refractivity contribution in [3.8, 4) is 5.75 Å². The number of quaternary nitrogens is 1. The van der Waals surface area contributed by atoms with Crippen LogP contribution >= 0.6 is 0 Å². The van der Waals surface area contributed by atoms with Gasteiger partial charge in [-0.05, 0) is 50.5 Å². The summed E-state index contributed by atoms with van der Waals surface area (Å²) in [6.45, 7) is 4.94. The molecule has 1 aromatic carbocycles. The van der Waals surface area contributed by atoms with Gasteiger partial charge in [0.15, 0.2) is 6.61 Å². The van der Waals surface area contributed by atoms with E-state index >= 15 is 0 Å². The Balaban J connectivity index is 1.67. The summed E-state index contributed by atoms with van der Waals surface area (Å²) in [6.07, 6.45) is 3.71. The molecule has 0 spiro atoms. The summed E-state index contributed by atoms with van der Waals surface area (Å²) in [7, 11) is 0. The number of piperidine rings is 1. The molecule has 1 fully saturated rings.